The third-order valence-corrected chi connectivity index (χ3v) is 6.22. The van der Waals surface area contributed by atoms with Crippen molar-refractivity contribution in [3.05, 3.63) is 71.5 Å². The highest BCUT2D eigenvalue weighted by Gasteiger charge is 2.30. The molecule has 1 aliphatic carbocycles. The van der Waals surface area contributed by atoms with Crippen LogP contribution in [0.3, 0.4) is 0 Å². The van der Waals surface area contributed by atoms with Crippen LogP contribution in [0.2, 0.25) is 0 Å². The number of aliphatic carboxylic acids is 1. The number of nitrogens with zero attached hydrogens (tertiary/aromatic N) is 3. The number of hydrogen-bond acceptors (Lipinski definition) is 5. The van der Waals surface area contributed by atoms with Crippen LogP contribution in [0.4, 0.5) is 10.5 Å². The number of aromatic nitrogens is 2. The molecule has 4 rings (SSSR count). The van der Waals surface area contributed by atoms with Crippen molar-refractivity contribution in [2.24, 2.45) is 7.05 Å². The number of anilines is 1. The first kappa shape index (κ1) is 24.0. The van der Waals surface area contributed by atoms with E-state index in [-0.39, 0.29) is 30.3 Å². The van der Waals surface area contributed by atoms with Gasteiger partial charge in [-0.25, -0.2) is 4.79 Å². The fourth-order valence-corrected chi connectivity index (χ4v) is 4.64. The smallest absolute Gasteiger partial charge is 0.411 e. The minimum absolute atomic E-state index is 0.0279. The van der Waals surface area contributed by atoms with Crippen LogP contribution in [0.1, 0.15) is 47.8 Å². The summed E-state index contributed by atoms with van der Waals surface area (Å²) in [6.45, 7) is 3.86. The average Bonchev–Trinajstić information content (AvgIpc) is 3.35. The maximum atomic E-state index is 13.1. The van der Waals surface area contributed by atoms with Crippen molar-refractivity contribution in [1.82, 2.24) is 14.7 Å². The molecule has 9 heteroatoms. The molecule has 0 bridgehead atoms. The molecule has 3 aromatic rings. The maximum Gasteiger partial charge on any atom is 0.411 e. The molecule has 2 amide bonds. The number of rotatable bonds is 8. The highest BCUT2D eigenvalue weighted by atomic mass is 16.5. The molecule has 1 heterocycles. The number of nitrogens with one attached hydrogen (secondary N) is 1. The van der Waals surface area contributed by atoms with Crippen molar-refractivity contribution < 1.29 is 24.2 Å². The summed E-state index contributed by atoms with van der Waals surface area (Å²) in [4.78, 5) is 38.4. The number of hydrogen-bond donors (Lipinski definition) is 2. The molecule has 0 spiro atoms. The molecular formula is C26H28N4O5. The number of carbonyl (C=O) groups excluding carboxylic acids is 2. The Morgan fingerprint density at radius 3 is 2.29 bits per heavy atom. The van der Waals surface area contributed by atoms with Crippen LogP contribution >= 0.6 is 0 Å². The second-order valence-electron chi connectivity index (χ2n) is 8.55. The first-order valence-corrected chi connectivity index (χ1v) is 11.5. The number of benzene rings is 2. The Morgan fingerprint density at radius 1 is 1.11 bits per heavy atom. The molecule has 35 heavy (non-hydrogen) atoms. The molecule has 0 fully saturated rings. The first-order chi connectivity index (χ1) is 16.8. The van der Waals surface area contributed by atoms with E-state index in [0.717, 1.165) is 22.3 Å². The Kier molecular flexibility index (Phi) is 6.86. The number of carbonyl (C=O) groups is 3. The van der Waals surface area contributed by atoms with Crippen LogP contribution in [0.25, 0.3) is 11.1 Å². The third kappa shape index (κ3) is 4.89. The van der Waals surface area contributed by atoms with Gasteiger partial charge in [-0.1, -0.05) is 48.5 Å². The van der Waals surface area contributed by atoms with Crippen molar-refractivity contribution in [2.75, 3.05) is 18.5 Å². The van der Waals surface area contributed by atoms with Gasteiger partial charge in [-0.05, 0) is 36.1 Å². The highest BCUT2D eigenvalue weighted by Crippen LogP contribution is 2.44. The Hall–Kier alpha value is -4.14. The number of fused-ring (bicyclic) bond motifs is 3. The Labute approximate surface area is 203 Å². The summed E-state index contributed by atoms with van der Waals surface area (Å²) in [7, 11) is 1.64. The van der Waals surface area contributed by atoms with E-state index in [2.05, 4.69) is 22.5 Å². The van der Waals surface area contributed by atoms with Crippen LogP contribution in [0, 0.1) is 0 Å². The van der Waals surface area contributed by atoms with E-state index in [9.17, 15) is 14.4 Å². The van der Waals surface area contributed by atoms with Gasteiger partial charge in [0, 0.05) is 31.7 Å². The van der Waals surface area contributed by atoms with E-state index in [1.54, 1.807) is 20.9 Å². The summed E-state index contributed by atoms with van der Waals surface area (Å²) >= 11 is 0. The quantitative estimate of drug-likeness (QED) is 0.506. The van der Waals surface area contributed by atoms with Crippen LogP contribution in [-0.2, 0) is 16.6 Å². The van der Waals surface area contributed by atoms with Crippen molar-refractivity contribution in [1.29, 1.82) is 0 Å². The SMILES string of the molecule is CCN(C(=O)c1nn(C)cc1NC(=O)OCC1c2ccccc2-c2ccccc21)C(C)CC(=O)O. The van der Waals surface area contributed by atoms with E-state index in [4.69, 9.17) is 9.84 Å². The standard InChI is InChI=1S/C26H28N4O5/c1-4-30(16(2)13-23(31)32)25(33)24-22(14-29(3)28-24)27-26(34)35-15-21-19-11-7-5-9-17(19)18-10-6-8-12-20(18)21/h5-12,14,16,21H,4,13,15H2,1-3H3,(H,27,34)(H,31,32). The number of carboxylic acid groups (broad SMARTS) is 1. The highest BCUT2D eigenvalue weighted by molar-refractivity contribution is 6.01. The van der Waals surface area contributed by atoms with Crippen LogP contribution in [0.15, 0.2) is 54.7 Å². The maximum absolute atomic E-state index is 13.1. The molecule has 1 unspecified atom stereocenters. The second kappa shape index (κ2) is 10.0. The van der Waals surface area contributed by atoms with E-state index in [0.29, 0.717) is 6.54 Å². The largest absolute Gasteiger partial charge is 0.481 e. The molecule has 0 radical (unpaired) electrons. The van der Waals surface area contributed by atoms with Crippen molar-refractivity contribution in [2.45, 2.75) is 32.2 Å². The van der Waals surface area contributed by atoms with Gasteiger partial charge in [0.15, 0.2) is 5.69 Å². The van der Waals surface area contributed by atoms with Gasteiger partial charge >= 0.3 is 12.1 Å². The third-order valence-electron chi connectivity index (χ3n) is 6.22. The molecule has 0 saturated heterocycles. The van der Waals surface area contributed by atoms with Gasteiger partial charge in [0.2, 0.25) is 0 Å². The summed E-state index contributed by atoms with van der Waals surface area (Å²) in [6, 6.07) is 15.6. The Balaban J connectivity index is 1.47. The van der Waals surface area contributed by atoms with Gasteiger partial charge in [0.05, 0.1) is 12.1 Å². The minimum atomic E-state index is -0.998. The zero-order valence-electron chi connectivity index (χ0n) is 19.9. The second-order valence-corrected chi connectivity index (χ2v) is 8.55. The molecular weight excluding hydrogens is 448 g/mol. The number of amides is 2. The van der Waals surface area contributed by atoms with Gasteiger partial charge in [-0.15, -0.1) is 0 Å². The molecule has 1 atom stereocenters. The molecule has 2 aromatic carbocycles. The monoisotopic (exact) mass is 476 g/mol. The predicted octanol–water partition coefficient (Wildman–Crippen LogP) is 4.11. The van der Waals surface area contributed by atoms with Gasteiger partial charge in [0.25, 0.3) is 5.91 Å². The number of aryl methyl sites for hydroxylation is 1. The molecule has 1 aliphatic rings. The summed E-state index contributed by atoms with van der Waals surface area (Å²) < 4.78 is 7.00. The number of ether oxygens (including phenoxy) is 1. The molecule has 1 aromatic heterocycles. The lowest BCUT2D eigenvalue weighted by Gasteiger charge is -2.26. The van der Waals surface area contributed by atoms with Crippen molar-refractivity contribution in [3.8, 4) is 11.1 Å². The van der Waals surface area contributed by atoms with Crippen molar-refractivity contribution >= 4 is 23.7 Å². The molecule has 182 valence electrons. The number of carboxylic acids is 1. The molecule has 0 aliphatic heterocycles. The zero-order valence-corrected chi connectivity index (χ0v) is 19.9. The van der Waals surface area contributed by atoms with E-state index >= 15 is 0 Å². The zero-order chi connectivity index (χ0) is 25.1. The van der Waals surface area contributed by atoms with E-state index in [1.165, 1.54) is 15.8 Å². The van der Waals surface area contributed by atoms with E-state index in [1.807, 2.05) is 36.4 Å². The van der Waals surface area contributed by atoms with Crippen LogP contribution in [0.5, 0.6) is 0 Å². The van der Waals surface area contributed by atoms with Crippen LogP contribution < -0.4 is 5.32 Å². The predicted molar refractivity (Wildman–Crippen MR) is 130 cm³/mol. The van der Waals surface area contributed by atoms with Gasteiger partial charge in [-0.2, -0.15) is 5.10 Å². The van der Waals surface area contributed by atoms with Gasteiger partial charge in [0.1, 0.15) is 6.61 Å². The van der Waals surface area contributed by atoms with Gasteiger partial charge < -0.3 is 14.7 Å². The fraction of sp³-hybridized carbons (Fsp3) is 0.308. The molecule has 2 N–H and O–H groups in total. The lowest BCUT2D eigenvalue weighted by Crippen LogP contribution is -2.40. The molecule has 0 saturated carbocycles. The lowest BCUT2D eigenvalue weighted by atomic mass is 9.98. The Bertz CT molecular complexity index is 1220. The summed E-state index contributed by atoms with van der Waals surface area (Å²) in [5, 5.41) is 15.9. The topological polar surface area (TPSA) is 114 Å². The summed E-state index contributed by atoms with van der Waals surface area (Å²) in [6.07, 6.45) is 0.627. The lowest BCUT2D eigenvalue weighted by molar-refractivity contribution is -0.138. The average molecular weight is 477 g/mol. The minimum Gasteiger partial charge on any atom is -0.481 e. The normalized spacial score (nSPS) is 13.0. The van der Waals surface area contributed by atoms with Gasteiger partial charge in [-0.3, -0.25) is 19.6 Å². The summed E-state index contributed by atoms with van der Waals surface area (Å²) in [5.74, 6) is -1.55. The summed E-state index contributed by atoms with van der Waals surface area (Å²) in [5.41, 5.74) is 4.70. The van der Waals surface area contributed by atoms with Crippen LogP contribution in [-0.4, -0.2) is 57.0 Å². The van der Waals surface area contributed by atoms with Crippen molar-refractivity contribution in [3.63, 3.8) is 0 Å². The molecule has 9 nitrogen and oxygen atoms in total. The fourth-order valence-electron chi connectivity index (χ4n) is 4.64. The van der Waals surface area contributed by atoms with E-state index < -0.39 is 24.0 Å². The Morgan fingerprint density at radius 2 is 1.71 bits per heavy atom. The first-order valence-electron chi connectivity index (χ1n) is 11.5.